The maximum atomic E-state index is 14.0. The topological polar surface area (TPSA) is 49.9 Å². The average Bonchev–Trinajstić information content (AvgIpc) is 2.68. The van der Waals surface area contributed by atoms with Gasteiger partial charge in [0.1, 0.15) is 11.6 Å². The SMILES string of the molecule is Cc1cccc(OCC(=O)N2CCN(C(=O)c3c(F)cccc3Cl)CC2)c1C. The van der Waals surface area contributed by atoms with E-state index in [9.17, 15) is 14.0 Å². The Balaban J connectivity index is 1.55. The van der Waals surface area contributed by atoms with Crippen molar-refractivity contribution in [2.24, 2.45) is 0 Å². The van der Waals surface area contributed by atoms with Crippen LogP contribution in [0.25, 0.3) is 0 Å². The minimum absolute atomic E-state index is 0.0582. The van der Waals surface area contributed by atoms with Crippen LogP contribution in [-0.2, 0) is 4.79 Å². The van der Waals surface area contributed by atoms with Gasteiger partial charge in [-0.3, -0.25) is 9.59 Å². The molecule has 0 radical (unpaired) electrons. The lowest BCUT2D eigenvalue weighted by Crippen LogP contribution is -2.51. The number of carbonyl (C=O) groups excluding carboxylic acids is 2. The highest BCUT2D eigenvalue weighted by Gasteiger charge is 2.27. The number of benzene rings is 2. The molecule has 1 aliphatic heterocycles. The summed E-state index contributed by atoms with van der Waals surface area (Å²) < 4.78 is 19.6. The van der Waals surface area contributed by atoms with E-state index < -0.39 is 11.7 Å². The monoisotopic (exact) mass is 404 g/mol. The van der Waals surface area contributed by atoms with E-state index in [2.05, 4.69) is 0 Å². The first-order valence-electron chi connectivity index (χ1n) is 9.08. The van der Waals surface area contributed by atoms with Gasteiger partial charge in [-0.2, -0.15) is 0 Å². The molecule has 0 N–H and O–H groups in total. The summed E-state index contributed by atoms with van der Waals surface area (Å²) >= 11 is 5.98. The van der Waals surface area contributed by atoms with E-state index >= 15 is 0 Å². The van der Waals surface area contributed by atoms with Crippen molar-refractivity contribution in [3.8, 4) is 5.75 Å². The van der Waals surface area contributed by atoms with Crippen molar-refractivity contribution in [2.45, 2.75) is 13.8 Å². The van der Waals surface area contributed by atoms with E-state index in [1.807, 2.05) is 32.0 Å². The summed E-state index contributed by atoms with van der Waals surface area (Å²) in [5.41, 5.74) is 1.98. The van der Waals surface area contributed by atoms with Crippen LogP contribution in [0.1, 0.15) is 21.5 Å². The number of aryl methyl sites for hydroxylation is 1. The molecule has 0 atom stereocenters. The highest BCUT2D eigenvalue weighted by molar-refractivity contribution is 6.33. The zero-order valence-corrected chi connectivity index (χ0v) is 16.6. The summed E-state index contributed by atoms with van der Waals surface area (Å²) in [6.07, 6.45) is 0. The van der Waals surface area contributed by atoms with Crippen molar-refractivity contribution in [1.29, 1.82) is 0 Å². The molecule has 0 saturated carbocycles. The molecule has 0 aromatic heterocycles. The molecule has 0 aliphatic carbocycles. The molecule has 3 rings (SSSR count). The van der Waals surface area contributed by atoms with Crippen molar-refractivity contribution in [2.75, 3.05) is 32.8 Å². The fraction of sp³-hybridized carbons (Fsp3) is 0.333. The van der Waals surface area contributed by atoms with Crippen LogP contribution in [0.5, 0.6) is 5.75 Å². The van der Waals surface area contributed by atoms with Crippen molar-refractivity contribution >= 4 is 23.4 Å². The van der Waals surface area contributed by atoms with Gasteiger partial charge in [0.25, 0.3) is 11.8 Å². The average molecular weight is 405 g/mol. The third-order valence-electron chi connectivity index (χ3n) is 5.00. The number of piperazine rings is 1. The van der Waals surface area contributed by atoms with Gasteiger partial charge in [0.05, 0.1) is 10.6 Å². The van der Waals surface area contributed by atoms with Crippen LogP contribution < -0.4 is 4.74 Å². The molecule has 1 heterocycles. The van der Waals surface area contributed by atoms with E-state index in [0.29, 0.717) is 31.9 Å². The lowest BCUT2D eigenvalue weighted by molar-refractivity contribution is -0.134. The van der Waals surface area contributed by atoms with Gasteiger partial charge >= 0.3 is 0 Å². The zero-order valence-electron chi connectivity index (χ0n) is 15.9. The number of amides is 2. The smallest absolute Gasteiger partial charge is 0.260 e. The Morgan fingerprint density at radius 3 is 2.36 bits per heavy atom. The maximum absolute atomic E-state index is 14.0. The fourth-order valence-corrected chi connectivity index (χ4v) is 3.37. The highest BCUT2D eigenvalue weighted by atomic mass is 35.5. The summed E-state index contributed by atoms with van der Waals surface area (Å²) in [5.74, 6) is -0.548. The van der Waals surface area contributed by atoms with Crippen LogP contribution in [-0.4, -0.2) is 54.4 Å². The van der Waals surface area contributed by atoms with Gasteiger partial charge in [-0.05, 0) is 43.2 Å². The quantitative estimate of drug-likeness (QED) is 0.784. The summed E-state index contributed by atoms with van der Waals surface area (Å²) in [4.78, 5) is 28.2. The molecule has 28 heavy (non-hydrogen) atoms. The summed E-state index contributed by atoms with van der Waals surface area (Å²) in [6.45, 7) is 5.25. The van der Waals surface area contributed by atoms with Gasteiger partial charge in [0, 0.05) is 26.2 Å². The van der Waals surface area contributed by atoms with Crippen LogP contribution >= 0.6 is 11.6 Å². The summed E-state index contributed by atoms with van der Waals surface area (Å²) in [6, 6.07) is 9.87. The predicted octanol–water partition coefficient (Wildman–Crippen LogP) is 3.46. The fourth-order valence-electron chi connectivity index (χ4n) is 3.13. The molecular weight excluding hydrogens is 383 g/mol. The van der Waals surface area contributed by atoms with Gasteiger partial charge in [-0.15, -0.1) is 0 Å². The van der Waals surface area contributed by atoms with E-state index in [-0.39, 0.29) is 23.1 Å². The summed E-state index contributed by atoms with van der Waals surface area (Å²) in [7, 11) is 0. The minimum atomic E-state index is -0.641. The lowest BCUT2D eigenvalue weighted by Gasteiger charge is -2.35. The Labute approximate surface area is 168 Å². The van der Waals surface area contributed by atoms with Gasteiger partial charge in [-0.25, -0.2) is 4.39 Å². The van der Waals surface area contributed by atoms with Crippen molar-refractivity contribution in [3.63, 3.8) is 0 Å². The number of hydrogen-bond acceptors (Lipinski definition) is 3. The molecule has 5 nitrogen and oxygen atoms in total. The van der Waals surface area contributed by atoms with E-state index in [1.165, 1.54) is 23.1 Å². The molecule has 0 unspecified atom stereocenters. The van der Waals surface area contributed by atoms with Crippen molar-refractivity contribution in [3.05, 3.63) is 63.9 Å². The Morgan fingerprint density at radius 1 is 1.04 bits per heavy atom. The van der Waals surface area contributed by atoms with Gasteiger partial charge in [0.2, 0.25) is 0 Å². The standard InChI is InChI=1S/C21H22ClFN2O3/c1-14-5-3-8-18(15(14)2)28-13-19(26)24-9-11-25(12-10-24)21(27)20-16(22)6-4-7-17(20)23/h3-8H,9-13H2,1-2H3. The van der Waals surface area contributed by atoms with Crippen LogP contribution in [0.2, 0.25) is 5.02 Å². The Hall–Kier alpha value is -2.60. The number of nitrogens with zero attached hydrogens (tertiary/aromatic N) is 2. The van der Waals surface area contributed by atoms with Crippen LogP contribution in [0.4, 0.5) is 4.39 Å². The third-order valence-corrected chi connectivity index (χ3v) is 5.32. The first-order chi connectivity index (χ1) is 13.4. The molecular formula is C21H22ClFN2O3. The molecule has 2 amide bonds. The Morgan fingerprint density at radius 2 is 1.68 bits per heavy atom. The van der Waals surface area contributed by atoms with Gasteiger partial charge in [-0.1, -0.05) is 29.8 Å². The van der Waals surface area contributed by atoms with Gasteiger partial charge in [0.15, 0.2) is 6.61 Å². The van der Waals surface area contributed by atoms with E-state index in [1.54, 1.807) is 4.90 Å². The molecule has 7 heteroatoms. The largest absolute Gasteiger partial charge is 0.483 e. The minimum Gasteiger partial charge on any atom is -0.483 e. The third kappa shape index (κ3) is 4.28. The van der Waals surface area contributed by atoms with Crippen LogP contribution in [0, 0.1) is 19.7 Å². The van der Waals surface area contributed by atoms with Gasteiger partial charge < -0.3 is 14.5 Å². The molecule has 2 aromatic carbocycles. The molecule has 148 valence electrons. The number of halogens is 2. The maximum Gasteiger partial charge on any atom is 0.260 e. The Bertz CT molecular complexity index is 875. The molecule has 0 bridgehead atoms. The first-order valence-corrected chi connectivity index (χ1v) is 9.46. The summed E-state index contributed by atoms with van der Waals surface area (Å²) in [5, 5.41) is 0.0884. The van der Waals surface area contributed by atoms with Crippen molar-refractivity contribution in [1.82, 2.24) is 9.80 Å². The van der Waals surface area contributed by atoms with E-state index in [4.69, 9.17) is 16.3 Å². The predicted molar refractivity (Wildman–Crippen MR) is 105 cm³/mol. The Kier molecular flexibility index (Phi) is 6.19. The second-order valence-electron chi connectivity index (χ2n) is 6.76. The van der Waals surface area contributed by atoms with Crippen LogP contribution in [0.15, 0.2) is 36.4 Å². The second kappa shape index (κ2) is 8.61. The van der Waals surface area contributed by atoms with Crippen molar-refractivity contribution < 1.29 is 18.7 Å². The second-order valence-corrected chi connectivity index (χ2v) is 7.16. The molecule has 1 fully saturated rings. The normalized spacial score (nSPS) is 14.1. The number of carbonyl (C=O) groups is 2. The lowest BCUT2D eigenvalue weighted by atomic mass is 10.1. The van der Waals surface area contributed by atoms with E-state index in [0.717, 1.165) is 11.1 Å². The molecule has 2 aromatic rings. The number of ether oxygens (including phenoxy) is 1. The molecule has 1 saturated heterocycles. The highest BCUT2D eigenvalue weighted by Crippen LogP contribution is 2.22. The number of rotatable bonds is 4. The molecule has 0 spiro atoms. The zero-order chi connectivity index (χ0) is 20.3. The number of hydrogen-bond donors (Lipinski definition) is 0. The first kappa shape index (κ1) is 20.1. The van der Waals surface area contributed by atoms with Crippen LogP contribution in [0.3, 0.4) is 0 Å². The molecule has 1 aliphatic rings.